The van der Waals surface area contributed by atoms with E-state index in [2.05, 4.69) is 16.0 Å². The molecule has 346 valence electrons. The third kappa shape index (κ3) is 11.0. The fourth-order valence-electron chi connectivity index (χ4n) is 7.35. The molecule has 4 saturated heterocycles. The zero-order valence-electron chi connectivity index (χ0n) is 32.4. The van der Waals surface area contributed by atoms with Crippen molar-refractivity contribution in [3.8, 4) is 0 Å². The van der Waals surface area contributed by atoms with E-state index in [1.165, 1.54) is 0 Å². The highest BCUT2D eigenvalue weighted by Crippen LogP contribution is 2.38. The van der Waals surface area contributed by atoms with Crippen LogP contribution in [0.1, 0.15) is 27.2 Å². The van der Waals surface area contributed by atoms with E-state index in [-0.39, 0.29) is 0 Å². The van der Waals surface area contributed by atoms with Crippen LogP contribution in [0, 0.1) is 0 Å². The van der Waals surface area contributed by atoms with E-state index >= 15 is 0 Å². The second-order valence-electron chi connectivity index (χ2n) is 14.8. The maximum Gasteiger partial charge on any atom is 0.364 e. The highest BCUT2D eigenvalue weighted by atomic mass is 16.8. The van der Waals surface area contributed by atoms with Gasteiger partial charge in [-0.15, -0.1) is 0 Å². The summed E-state index contributed by atoms with van der Waals surface area (Å²) in [6.45, 7) is -0.693. The Hall–Kier alpha value is -2.88. The average Bonchev–Trinajstić information content (AvgIpc) is 3.18. The number of ether oxygens (including phenoxy) is 7. The molecule has 4 aliphatic rings. The van der Waals surface area contributed by atoms with Crippen LogP contribution in [0.3, 0.4) is 0 Å². The third-order valence-corrected chi connectivity index (χ3v) is 10.4. The van der Waals surface area contributed by atoms with Gasteiger partial charge in [-0.3, -0.25) is 14.4 Å². The molecule has 4 rings (SSSR count). The minimum absolute atomic E-state index is 0.662. The monoisotopic (exact) mass is 877 g/mol. The van der Waals surface area contributed by atoms with Crippen LogP contribution >= 0.6 is 0 Å². The summed E-state index contributed by atoms with van der Waals surface area (Å²) in [6.07, 6.45) is -33.9. The van der Waals surface area contributed by atoms with E-state index in [4.69, 9.17) is 33.2 Å². The molecule has 0 unspecified atom stereocenters. The van der Waals surface area contributed by atoms with E-state index in [0.717, 1.165) is 20.8 Å². The minimum atomic E-state index is -3.13. The molecule has 0 radical (unpaired) electrons. The van der Waals surface area contributed by atoms with Crippen LogP contribution in [0.2, 0.25) is 0 Å². The molecule has 4 fully saturated rings. The summed E-state index contributed by atoms with van der Waals surface area (Å²) < 4.78 is 39.4. The van der Waals surface area contributed by atoms with Gasteiger partial charge in [0, 0.05) is 27.2 Å². The van der Waals surface area contributed by atoms with Crippen LogP contribution < -0.4 is 16.0 Å². The van der Waals surface area contributed by atoms with Crippen LogP contribution in [-0.4, -0.2) is 245 Å². The Morgan fingerprint density at radius 2 is 1.22 bits per heavy atom. The van der Waals surface area contributed by atoms with E-state index < -0.39 is 185 Å². The molecule has 3 amide bonds. The van der Waals surface area contributed by atoms with Gasteiger partial charge in [0.1, 0.15) is 91.4 Å². The predicted octanol–water partition coefficient (Wildman–Crippen LogP) is -10.1. The molecule has 0 spiro atoms. The van der Waals surface area contributed by atoms with Gasteiger partial charge in [0.25, 0.3) is 5.79 Å². The molecular weight excluding hydrogens is 822 g/mol. The minimum Gasteiger partial charge on any atom is -0.477 e. The lowest BCUT2D eigenvalue weighted by Gasteiger charge is -2.51. The Balaban J connectivity index is 1.63. The number of aliphatic hydroxyl groups excluding tert-OH is 12. The van der Waals surface area contributed by atoms with Crippen molar-refractivity contribution in [1.82, 2.24) is 16.0 Å². The Labute approximate surface area is 340 Å². The maximum atomic E-state index is 12.9. The molecule has 0 aliphatic carbocycles. The lowest BCUT2D eigenvalue weighted by Crippen LogP contribution is -2.71. The number of hydrogen-bond acceptors (Lipinski definition) is 23. The highest BCUT2D eigenvalue weighted by molar-refractivity contribution is 5.77. The highest BCUT2D eigenvalue weighted by Gasteiger charge is 2.60. The SMILES string of the molecule is CC(=O)N[C@@H]1[C@@H](O)[C@@H](O)[C@@H](CO[C@@H]2O[C@H](CO)[C@@H](O)[C@H](O[C@@H]3O[C@H](CO)[C@H](O)[C@H](O[C@]4(C(=O)O)C[C@H](O)[C@@H](NC(C)=O)[C@H]([C@H](O)[C@H](O)CO)O4)[C@H]3O)[C@H]2NC(C)=O)O[C@@H]1O. The first-order valence-electron chi connectivity index (χ1n) is 18.7. The van der Waals surface area contributed by atoms with Crippen LogP contribution in [0.4, 0.5) is 0 Å². The van der Waals surface area contributed by atoms with Crippen molar-refractivity contribution in [3.63, 3.8) is 0 Å². The molecule has 0 bridgehead atoms. The number of carboxylic acid groups (broad SMARTS) is 1. The van der Waals surface area contributed by atoms with E-state index in [1.807, 2.05) is 0 Å². The molecule has 27 heteroatoms. The fraction of sp³-hybridized carbons (Fsp3) is 0.879. The third-order valence-electron chi connectivity index (χ3n) is 10.4. The Morgan fingerprint density at radius 1 is 0.683 bits per heavy atom. The van der Waals surface area contributed by atoms with Crippen LogP contribution in [-0.2, 0) is 52.3 Å². The smallest absolute Gasteiger partial charge is 0.364 e. The van der Waals surface area contributed by atoms with Gasteiger partial charge in [-0.05, 0) is 0 Å². The van der Waals surface area contributed by atoms with Gasteiger partial charge >= 0.3 is 5.97 Å². The maximum absolute atomic E-state index is 12.9. The van der Waals surface area contributed by atoms with Crippen molar-refractivity contribution >= 4 is 23.7 Å². The van der Waals surface area contributed by atoms with Crippen LogP contribution in [0.5, 0.6) is 0 Å². The summed E-state index contributed by atoms with van der Waals surface area (Å²) >= 11 is 0. The largest absolute Gasteiger partial charge is 0.477 e. The normalized spacial score (nSPS) is 43.3. The average molecular weight is 878 g/mol. The number of carboxylic acids is 1. The van der Waals surface area contributed by atoms with Crippen molar-refractivity contribution in [2.75, 3.05) is 26.4 Å². The lowest BCUT2D eigenvalue weighted by molar-refractivity contribution is -0.381. The topological polar surface area (TPSA) is 432 Å². The number of carbonyl (C=O) groups excluding carboxylic acids is 3. The fourth-order valence-corrected chi connectivity index (χ4v) is 7.35. The summed E-state index contributed by atoms with van der Waals surface area (Å²) in [6, 6.07) is -4.69. The Kier molecular flexibility index (Phi) is 17.4. The first kappa shape index (κ1) is 49.8. The number of nitrogens with one attached hydrogen (secondary N) is 3. The van der Waals surface area contributed by atoms with E-state index in [9.17, 15) is 85.6 Å². The van der Waals surface area contributed by atoms with Gasteiger partial charge < -0.3 is 115 Å². The number of amides is 3. The number of rotatable bonds is 16. The van der Waals surface area contributed by atoms with Crippen molar-refractivity contribution in [1.29, 1.82) is 0 Å². The molecular formula is C33H55N3O24. The number of aliphatic hydroxyl groups is 12. The molecule has 21 atom stereocenters. The first-order valence-corrected chi connectivity index (χ1v) is 18.7. The zero-order valence-corrected chi connectivity index (χ0v) is 32.4. The quantitative estimate of drug-likeness (QED) is 0.0684. The predicted molar refractivity (Wildman–Crippen MR) is 186 cm³/mol. The molecule has 0 saturated carbocycles. The van der Waals surface area contributed by atoms with E-state index in [1.54, 1.807) is 0 Å². The second-order valence-corrected chi connectivity index (χ2v) is 14.8. The van der Waals surface area contributed by atoms with Crippen LogP contribution in [0.15, 0.2) is 0 Å². The zero-order chi connectivity index (χ0) is 45.0. The molecule has 0 aromatic carbocycles. The molecule has 4 heterocycles. The van der Waals surface area contributed by atoms with Gasteiger partial charge in [-0.25, -0.2) is 4.79 Å². The first-order chi connectivity index (χ1) is 28.1. The molecule has 4 aliphatic heterocycles. The lowest BCUT2D eigenvalue weighted by atomic mass is 9.88. The molecule has 60 heavy (non-hydrogen) atoms. The summed E-state index contributed by atoms with van der Waals surface area (Å²) in [7, 11) is 0. The standard InChI is InChI=1S/C33H55N3O24/c1-9(40)34-17-12(43)4-33(32(52)53,59-27(17)20(45)13(44)5-37)60-28-23(48)15(7-39)57-31(25(28)50)58-26-19(36-11(3)42)30(56-14(6-38)22(26)47)54-8-16-21(46)24(49)18(29(51)55-16)35-10(2)41/h12-31,37-39,43-51H,4-8H2,1-3H3,(H,34,40)(H,35,41)(H,36,42)(H,52,53)/t12-,13+,14+,15+,16+,17+,18+,19+,20+,21-,22+,23-,24+,25+,26+,27+,28-,29-,30+,31-,33-/m0/s1. The summed E-state index contributed by atoms with van der Waals surface area (Å²) in [4.78, 5) is 48.8. The molecule has 0 aromatic heterocycles. The number of aliphatic carboxylic acids is 1. The number of carbonyl (C=O) groups is 4. The van der Waals surface area contributed by atoms with Crippen molar-refractivity contribution in [2.24, 2.45) is 0 Å². The van der Waals surface area contributed by atoms with Crippen molar-refractivity contribution in [2.45, 2.75) is 155 Å². The van der Waals surface area contributed by atoms with E-state index in [0.29, 0.717) is 0 Å². The van der Waals surface area contributed by atoms with Gasteiger partial charge in [0.05, 0.1) is 38.6 Å². The summed E-state index contributed by atoms with van der Waals surface area (Å²) in [5.41, 5.74) is 0. The summed E-state index contributed by atoms with van der Waals surface area (Å²) in [5.74, 6) is -7.41. The Bertz CT molecular complexity index is 1470. The molecule has 0 aromatic rings. The Morgan fingerprint density at radius 3 is 1.75 bits per heavy atom. The molecule has 27 nitrogen and oxygen atoms in total. The van der Waals surface area contributed by atoms with Crippen molar-refractivity contribution in [3.05, 3.63) is 0 Å². The van der Waals surface area contributed by atoms with Gasteiger partial charge in [-0.2, -0.15) is 0 Å². The second kappa shape index (κ2) is 21.0. The van der Waals surface area contributed by atoms with Gasteiger partial charge in [-0.1, -0.05) is 0 Å². The number of hydrogen-bond donors (Lipinski definition) is 16. The van der Waals surface area contributed by atoms with Crippen LogP contribution in [0.25, 0.3) is 0 Å². The van der Waals surface area contributed by atoms with Crippen molar-refractivity contribution < 1.29 is 119 Å². The summed E-state index contributed by atoms with van der Waals surface area (Å²) in [5, 5.41) is 145. The van der Waals surface area contributed by atoms with Gasteiger partial charge in [0.15, 0.2) is 18.9 Å². The molecule has 16 N–H and O–H groups in total. The van der Waals surface area contributed by atoms with Gasteiger partial charge in [0.2, 0.25) is 17.7 Å².